The molecule has 3 rings (SSSR count). The molecule has 0 aliphatic heterocycles. The van der Waals surface area contributed by atoms with Crippen molar-refractivity contribution in [2.75, 3.05) is 12.8 Å². The summed E-state index contributed by atoms with van der Waals surface area (Å²) in [6.45, 7) is 1.64. The first-order valence-corrected chi connectivity index (χ1v) is 9.44. The van der Waals surface area contributed by atoms with E-state index in [9.17, 15) is 36.2 Å². The molecule has 0 saturated heterocycles. The summed E-state index contributed by atoms with van der Waals surface area (Å²) in [5.74, 6) is -4.20. The highest BCUT2D eigenvalue weighted by molar-refractivity contribution is 5.87. The maximum Gasteiger partial charge on any atom is 0.490 e. The van der Waals surface area contributed by atoms with Crippen LogP contribution in [0.4, 0.5) is 32.2 Å². The van der Waals surface area contributed by atoms with Crippen LogP contribution in [0.15, 0.2) is 37.1 Å². The molecule has 2 aromatic heterocycles. The first-order valence-electron chi connectivity index (χ1n) is 9.44. The van der Waals surface area contributed by atoms with E-state index in [-0.39, 0.29) is 22.9 Å². The predicted molar refractivity (Wildman–Crippen MR) is 109 cm³/mol. The van der Waals surface area contributed by atoms with Crippen molar-refractivity contribution in [3.8, 4) is 17.1 Å². The van der Waals surface area contributed by atoms with Crippen molar-refractivity contribution in [2.45, 2.75) is 24.9 Å². The maximum absolute atomic E-state index is 13.6. The Balaban J connectivity index is 0.000000572. The molecule has 0 fully saturated rings. The van der Waals surface area contributed by atoms with E-state index in [2.05, 4.69) is 20.1 Å². The summed E-state index contributed by atoms with van der Waals surface area (Å²) in [5, 5.41) is 23.2. The zero-order valence-electron chi connectivity index (χ0n) is 18.3. The van der Waals surface area contributed by atoms with Gasteiger partial charge in [-0.15, -0.1) is 0 Å². The van der Waals surface area contributed by atoms with Gasteiger partial charge in [0.05, 0.1) is 11.9 Å². The topological polar surface area (TPSA) is 169 Å². The Kier molecular flexibility index (Phi) is 7.88. The number of carboxylic acids is 1. The largest absolute Gasteiger partial charge is 0.490 e. The van der Waals surface area contributed by atoms with Gasteiger partial charge in [0, 0.05) is 18.2 Å². The summed E-state index contributed by atoms with van der Waals surface area (Å²) in [7, 11) is 1.00. The number of hydrogen-bond acceptors (Lipinski definition) is 8. The van der Waals surface area contributed by atoms with Gasteiger partial charge in [0.15, 0.2) is 11.6 Å². The second-order valence-electron chi connectivity index (χ2n) is 6.92. The number of nitrogens with two attached hydrogens (primary N) is 1. The molecule has 0 unspecified atom stereocenters. The van der Waals surface area contributed by atoms with E-state index in [1.165, 1.54) is 29.6 Å². The molecule has 194 valence electrons. The minimum atomic E-state index is -5.25. The molecule has 1 amide bonds. The Morgan fingerprint density at radius 2 is 1.75 bits per heavy atom. The minimum absolute atomic E-state index is 0.0326. The summed E-state index contributed by atoms with van der Waals surface area (Å²) >= 11 is 0. The standard InChI is InChI=1S/C17H16F3N7O2.C2HF3O2/c1-9-3-4-10(16(29,15(28)22-2)17(18,19)20)5-11(9)12-6-24-13(21)14(26-12)27-8-23-7-25-27;3-2(4,5)1(6)7/h3-8,29H,1-2H3,(H2,21,24)(H,22,28);(H,6,7)/t16-;/m0./s1. The number of likely N-dealkylation sites (N-methyl/N-ethyl adjacent to an activating group) is 1. The average molecular weight is 521 g/mol. The molecule has 0 saturated carbocycles. The zero-order chi connectivity index (χ0) is 27.5. The van der Waals surface area contributed by atoms with Crippen molar-refractivity contribution in [3.05, 3.63) is 48.2 Å². The lowest BCUT2D eigenvalue weighted by Crippen LogP contribution is -2.53. The number of nitrogens with zero attached hydrogens (tertiary/aromatic N) is 5. The average Bonchev–Trinajstić information content (AvgIpc) is 3.32. The molecule has 0 radical (unpaired) electrons. The van der Waals surface area contributed by atoms with Gasteiger partial charge in [-0.25, -0.2) is 19.7 Å². The van der Waals surface area contributed by atoms with E-state index >= 15 is 0 Å². The molecule has 0 aliphatic carbocycles. The van der Waals surface area contributed by atoms with Crippen LogP contribution in [0.25, 0.3) is 17.1 Å². The lowest BCUT2D eigenvalue weighted by atomic mass is 9.89. The third-order valence-corrected chi connectivity index (χ3v) is 4.56. The van der Waals surface area contributed by atoms with Crippen LogP contribution in [-0.2, 0) is 15.2 Å². The number of alkyl halides is 6. The highest BCUT2D eigenvalue weighted by atomic mass is 19.4. The quantitative estimate of drug-likeness (QED) is 0.374. The summed E-state index contributed by atoms with van der Waals surface area (Å²) in [4.78, 5) is 32.9. The van der Waals surface area contributed by atoms with Gasteiger partial charge >= 0.3 is 18.3 Å². The number of halogens is 6. The summed E-state index contributed by atoms with van der Waals surface area (Å²) in [6, 6.07) is 3.42. The number of aliphatic hydroxyl groups is 1. The van der Waals surface area contributed by atoms with E-state index in [4.69, 9.17) is 15.6 Å². The highest BCUT2D eigenvalue weighted by Crippen LogP contribution is 2.41. The summed E-state index contributed by atoms with van der Waals surface area (Å²) in [6.07, 6.45) is -6.47. The lowest BCUT2D eigenvalue weighted by molar-refractivity contribution is -0.256. The van der Waals surface area contributed by atoms with Crippen LogP contribution in [-0.4, -0.2) is 66.2 Å². The van der Waals surface area contributed by atoms with Crippen molar-refractivity contribution in [1.29, 1.82) is 0 Å². The summed E-state index contributed by atoms with van der Waals surface area (Å²) < 4.78 is 73.8. The molecule has 0 spiro atoms. The number of nitrogen functional groups attached to an aromatic ring is 1. The van der Waals surface area contributed by atoms with Crippen molar-refractivity contribution < 1.29 is 46.1 Å². The van der Waals surface area contributed by atoms with Gasteiger partial charge in [-0.1, -0.05) is 12.1 Å². The number of aryl methyl sites for hydroxylation is 1. The van der Waals surface area contributed by atoms with Crippen LogP contribution in [0.1, 0.15) is 11.1 Å². The number of carbonyl (C=O) groups excluding carboxylic acids is 1. The van der Waals surface area contributed by atoms with Gasteiger partial charge in [0.2, 0.25) is 0 Å². The Morgan fingerprint density at radius 1 is 1.14 bits per heavy atom. The van der Waals surface area contributed by atoms with Gasteiger partial charge in [-0.3, -0.25) is 4.79 Å². The minimum Gasteiger partial charge on any atom is -0.475 e. The van der Waals surface area contributed by atoms with E-state index in [1.807, 2.05) is 5.32 Å². The van der Waals surface area contributed by atoms with Crippen LogP contribution in [0.3, 0.4) is 0 Å². The van der Waals surface area contributed by atoms with Crippen LogP contribution in [0.2, 0.25) is 0 Å². The van der Waals surface area contributed by atoms with Crippen LogP contribution >= 0.6 is 0 Å². The lowest BCUT2D eigenvalue weighted by Gasteiger charge is -2.29. The molecule has 11 nitrogen and oxygen atoms in total. The van der Waals surface area contributed by atoms with E-state index in [0.29, 0.717) is 5.56 Å². The number of benzene rings is 1. The molecule has 1 atom stereocenters. The first-order chi connectivity index (χ1) is 16.5. The zero-order valence-corrected chi connectivity index (χ0v) is 18.3. The Labute approximate surface area is 197 Å². The molecule has 17 heteroatoms. The Hall–Kier alpha value is -4.28. The van der Waals surface area contributed by atoms with Crippen molar-refractivity contribution in [2.24, 2.45) is 0 Å². The van der Waals surface area contributed by atoms with E-state index < -0.39 is 35.4 Å². The molecule has 36 heavy (non-hydrogen) atoms. The number of hydrogen-bond donors (Lipinski definition) is 4. The normalized spacial score (nSPS) is 13.2. The third kappa shape index (κ3) is 5.68. The van der Waals surface area contributed by atoms with Gasteiger partial charge < -0.3 is 21.3 Å². The number of anilines is 1. The molecule has 0 bridgehead atoms. The third-order valence-electron chi connectivity index (χ3n) is 4.56. The Morgan fingerprint density at radius 3 is 2.22 bits per heavy atom. The number of rotatable bonds is 4. The van der Waals surface area contributed by atoms with Gasteiger partial charge in [-0.2, -0.15) is 36.1 Å². The number of carboxylic acid groups (broad SMARTS) is 1. The van der Waals surface area contributed by atoms with Crippen LogP contribution in [0.5, 0.6) is 0 Å². The van der Waals surface area contributed by atoms with Crippen molar-refractivity contribution in [3.63, 3.8) is 0 Å². The SMILES string of the molecule is CNC(=O)[C@@](O)(c1ccc(C)c(-c2cnc(N)c(-n3cncn3)n2)c1)C(F)(F)F.O=C(O)C(F)(F)F. The van der Waals surface area contributed by atoms with Crippen molar-refractivity contribution >= 4 is 17.7 Å². The second kappa shape index (κ2) is 10.1. The molecular weight excluding hydrogens is 504 g/mol. The van der Waals surface area contributed by atoms with Gasteiger partial charge in [0.25, 0.3) is 11.5 Å². The monoisotopic (exact) mass is 521 g/mol. The predicted octanol–water partition coefficient (Wildman–Crippen LogP) is 1.74. The Bertz CT molecular complexity index is 1250. The number of aromatic nitrogens is 5. The fourth-order valence-corrected chi connectivity index (χ4v) is 2.73. The fraction of sp³-hybridized carbons (Fsp3) is 0.263. The smallest absolute Gasteiger partial charge is 0.475 e. The fourth-order valence-electron chi connectivity index (χ4n) is 2.73. The molecular formula is C19H17F6N7O4. The second-order valence-corrected chi connectivity index (χ2v) is 6.92. The molecule has 1 aromatic carbocycles. The van der Waals surface area contributed by atoms with Crippen LogP contribution < -0.4 is 11.1 Å². The maximum atomic E-state index is 13.6. The van der Waals surface area contributed by atoms with Gasteiger partial charge in [-0.05, 0) is 18.6 Å². The highest BCUT2D eigenvalue weighted by Gasteiger charge is 2.60. The number of amides is 1. The van der Waals surface area contributed by atoms with Gasteiger partial charge in [0.1, 0.15) is 12.7 Å². The first kappa shape index (κ1) is 28.0. The number of aliphatic carboxylic acids is 1. The molecule has 3 aromatic rings. The molecule has 0 aliphatic rings. The number of carbonyl (C=O) groups is 2. The van der Waals surface area contributed by atoms with E-state index in [0.717, 1.165) is 19.2 Å². The van der Waals surface area contributed by atoms with Crippen LogP contribution in [0, 0.1) is 6.92 Å². The number of nitrogens with one attached hydrogen (secondary N) is 1. The molecule has 5 N–H and O–H groups in total. The molecule has 2 heterocycles. The van der Waals surface area contributed by atoms with E-state index in [1.54, 1.807) is 6.92 Å². The van der Waals surface area contributed by atoms with Crippen molar-refractivity contribution in [1.82, 2.24) is 30.0 Å². The summed E-state index contributed by atoms with van der Waals surface area (Å²) in [5.41, 5.74) is 2.35.